The van der Waals surface area contributed by atoms with Crippen molar-refractivity contribution >= 4 is 32.6 Å². The number of rotatable bonds is 6. The Bertz CT molecular complexity index is 2860. The van der Waals surface area contributed by atoms with Crippen molar-refractivity contribution in [2.24, 2.45) is 0 Å². The van der Waals surface area contributed by atoms with Crippen LogP contribution in [0.2, 0.25) is 0 Å². The van der Waals surface area contributed by atoms with Crippen molar-refractivity contribution in [1.29, 1.82) is 0 Å². The van der Waals surface area contributed by atoms with Crippen molar-refractivity contribution in [3.05, 3.63) is 212 Å². The molecule has 248 valence electrons. The largest absolute Gasteiger partial charge is 0.309 e. The fourth-order valence-electron chi connectivity index (χ4n) is 7.97. The first-order chi connectivity index (χ1) is 26.3. The maximum atomic E-state index is 2.47. The molecule has 1 nitrogen and oxygen atoms in total. The summed E-state index contributed by atoms with van der Waals surface area (Å²) in [5, 5.41) is 5.01. The van der Waals surface area contributed by atoms with Gasteiger partial charge in [0.25, 0.3) is 0 Å². The van der Waals surface area contributed by atoms with Crippen LogP contribution in [0, 0.1) is 0 Å². The fraction of sp³-hybridized carbons (Fsp3) is 0. The third-order valence-corrected chi connectivity index (χ3v) is 10.5. The predicted molar refractivity (Wildman–Crippen MR) is 225 cm³/mol. The maximum absolute atomic E-state index is 2.47. The molecular formula is C52H35N. The van der Waals surface area contributed by atoms with Crippen LogP contribution in [0.15, 0.2) is 212 Å². The number of nitrogens with zero attached hydrogens (tertiary/aromatic N) is 1. The Kier molecular flexibility index (Phi) is 7.55. The van der Waals surface area contributed by atoms with Crippen LogP contribution in [-0.4, -0.2) is 4.57 Å². The van der Waals surface area contributed by atoms with Crippen LogP contribution in [0.3, 0.4) is 0 Å². The Morgan fingerprint density at radius 2 is 0.660 bits per heavy atom. The minimum atomic E-state index is 1.15. The van der Waals surface area contributed by atoms with E-state index in [-0.39, 0.29) is 0 Å². The molecule has 0 N–H and O–H groups in total. The molecule has 1 aromatic heterocycles. The summed E-state index contributed by atoms with van der Waals surface area (Å²) in [6, 6.07) is 77.3. The number of hydrogen-bond donors (Lipinski definition) is 0. The zero-order valence-corrected chi connectivity index (χ0v) is 29.2. The molecule has 9 aromatic carbocycles. The molecule has 1 heterocycles. The second-order valence-electron chi connectivity index (χ2n) is 13.8. The molecule has 0 fully saturated rings. The van der Waals surface area contributed by atoms with E-state index in [0.717, 1.165) is 5.69 Å². The van der Waals surface area contributed by atoms with Gasteiger partial charge in [-0.3, -0.25) is 0 Å². The second-order valence-corrected chi connectivity index (χ2v) is 13.8. The van der Waals surface area contributed by atoms with Gasteiger partial charge in [-0.15, -0.1) is 0 Å². The van der Waals surface area contributed by atoms with Crippen molar-refractivity contribution in [3.8, 4) is 61.3 Å². The highest BCUT2D eigenvalue weighted by Gasteiger charge is 2.17. The number of benzene rings is 9. The van der Waals surface area contributed by atoms with Crippen LogP contribution in [-0.2, 0) is 0 Å². The summed E-state index contributed by atoms with van der Waals surface area (Å²) < 4.78 is 2.47. The molecule has 0 bridgehead atoms. The molecule has 0 aliphatic rings. The van der Waals surface area contributed by atoms with E-state index in [0.29, 0.717) is 0 Å². The lowest BCUT2D eigenvalue weighted by atomic mass is 9.91. The zero-order valence-electron chi connectivity index (χ0n) is 29.2. The average Bonchev–Trinajstić information content (AvgIpc) is 3.59. The smallest absolute Gasteiger partial charge is 0.0619 e. The van der Waals surface area contributed by atoms with Gasteiger partial charge < -0.3 is 4.57 Å². The first kappa shape index (κ1) is 30.8. The standard InChI is InChI=1S/C52H35N/c1-4-15-36(16-5-1)42-30-43(37-17-6-2-7-18-37)32-44(31-42)40-22-14-23-41(29-40)46-33-45(38-19-8-3-9-20-38)34-47(35-46)53-51-26-13-12-25-49(51)50-28-27-39-21-10-11-24-48(39)52(50)53/h1-35H. The fourth-order valence-corrected chi connectivity index (χ4v) is 7.97. The monoisotopic (exact) mass is 673 g/mol. The molecule has 53 heavy (non-hydrogen) atoms. The summed E-state index contributed by atoms with van der Waals surface area (Å²) in [5.74, 6) is 0. The molecule has 0 radical (unpaired) electrons. The molecule has 0 saturated carbocycles. The molecule has 0 aliphatic carbocycles. The van der Waals surface area contributed by atoms with Crippen LogP contribution in [0.1, 0.15) is 0 Å². The third kappa shape index (κ3) is 5.60. The minimum absolute atomic E-state index is 1.15. The molecule has 0 spiro atoms. The highest BCUT2D eigenvalue weighted by molar-refractivity contribution is 6.18. The summed E-state index contributed by atoms with van der Waals surface area (Å²) in [6.07, 6.45) is 0. The molecule has 1 heteroatoms. The Labute approximate surface area is 309 Å². The van der Waals surface area contributed by atoms with Crippen molar-refractivity contribution in [3.63, 3.8) is 0 Å². The van der Waals surface area contributed by atoms with Gasteiger partial charge in [-0.1, -0.05) is 164 Å². The normalized spacial score (nSPS) is 11.4. The van der Waals surface area contributed by atoms with Gasteiger partial charge in [0.05, 0.1) is 11.0 Å². The Morgan fingerprint density at radius 3 is 1.25 bits per heavy atom. The van der Waals surface area contributed by atoms with E-state index >= 15 is 0 Å². The summed E-state index contributed by atoms with van der Waals surface area (Å²) in [4.78, 5) is 0. The van der Waals surface area contributed by atoms with Gasteiger partial charge >= 0.3 is 0 Å². The van der Waals surface area contributed by atoms with E-state index in [2.05, 4.69) is 217 Å². The number of fused-ring (bicyclic) bond motifs is 5. The maximum Gasteiger partial charge on any atom is 0.0619 e. The first-order valence-electron chi connectivity index (χ1n) is 18.3. The molecule has 0 aliphatic heterocycles. The molecule has 0 amide bonds. The lowest BCUT2D eigenvalue weighted by molar-refractivity contribution is 1.19. The molecule has 0 atom stereocenters. The summed E-state index contributed by atoms with van der Waals surface area (Å²) >= 11 is 0. The summed E-state index contributed by atoms with van der Waals surface area (Å²) in [6.45, 7) is 0. The summed E-state index contributed by atoms with van der Waals surface area (Å²) in [7, 11) is 0. The topological polar surface area (TPSA) is 4.93 Å². The van der Waals surface area contributed by atoms with Gasteiger partial charge in [0, 0.05) is 21.8 Å². The van der Waals surface area contributed by atoms with Crippen LogP contribution in [0.25, 0.3) is 93.9 Å². The van der Waals surface area contributed by atoms with Gasteiger partial charge in [0.2, 0.25) is 0 Å². The first-order valence-corrected chi connectivity index (χ1v) is 18.3. The van der Waals surface area contributed by atoms with Gasteiger partial charge in [-0.05, 0) is 110 Å². The van der Waals surface area contributed by atoms with E-state index < -0.39 is 0 Å². The van der Waals surface area contributed by atoms with E-state index in [4.69, 9.17) is 0 Å². The lowest BCUT2D eigenvalue weighted by Crippen LogP contribution is -1.96. The van der Waals surface area contributed by atoms with E-state index in [9.17, 15) is 0 Å². The van der Waals surface area contributed by atoms with Crippen molar-refractivity contribution in [1.82, 2.24) is 4.57 Å². The van der Waals surface area contributed by atoms with E-state index in [1.807, 2.05) is 0 Å². The number of para-hydroxylation sites is 1. The van der Waals surface area contributed by atoms with Crippen molar-refractivity contribution in [2.75, 3.05) is 0 Å². The number of aromatic nitrogens is 1. The van der Waals surface area contributed by atoms with Crippen LogP contribution in [0.4, 0.5) is 0 Å². The Morgan fingerprint density at radius 1 is 0.245 bits per heavy atom. The Hall–Kier alpha value is -6.96. The lowest BCUT2D eigenvalue weighted by Gasteiger charge is -2.16. The molecule has 10 rings (SSSR count). The van der Waals surface area contributed by atoms with Crippen LogP contribution >= 0.6 is 0 Å². The molecule has 0 saturated heterocycles. The zero-order chi connectivity index (χ0) is 35.1. The highest BCUT2D eigenvalue weighted by Crippen LogP contribution is 2.40. The minimum Gasteiger partial charge on any atom is -0.309 e. The SMILES string of the molecule is c1ccc(-c2cc(-c3ccccc3)cc(-c3cccc(-c4cc(-c5ccccc5)cc(-n5c6ccccc6c6ccc7ccccc7c65)c4)c3)c2)cc1. The summed E-state index contributed by atoms with van der Waals surface area (Å²) in [5.41, 5.74) is 15.5. The average molecular weight is 674 g/mol. The van der Waals surface area contributed by atoms with E-state index in [1.165, 1.54) is 88.2 Å². The van der Waals surface area contributed by atoms with Crippen LogP contribution < -0.4 is 0 Å². The van der Waals surface area contributed by atoms with Crippen molar-refractivity contribution in [2.45, 2.75) is 0 Å². The van der Waals surface area contributed by atoms with Gasteiger partial charge in [-0.25, -0.2) is 0 Å². The number of hydrogen-bond acceptors (Lipinski definition) is 0. The van der Waals surface area contributed by atoms with Gasteiger partial charge in [0.1, 0.15) is 0 Å². The predicted octanol–water partition coefficient (Wildman–Crippen LogP) is 14.3. The van der Waals surface area contributed by atoms with Gasteiger partial charge in [-0.2, -0.15) is 0 Å². The quantitative estimate of drug-likeness (QED) is 0.166. The Balaban J connectivity index is 1.19. The van der Waals surface area contributed by atoms with Crippen molar-refractivity contribution < 1.29 is 0 Å². The van der Waals surface area contributed by atoms with Gasteiger partial charge in [0.15, 0.2) is 0 Å². The second kappa shape index (κ2) is 13.0. The molecule has 10 aromatic rings. The molecule has 0 unspecified atom stereocenters. The van der Waals surface area contributed by atoms with Crippen LogP contribution in [0.5, 0.6) is 0 Å². The van der Waals surface area contributed by atoms with E-state index in [1.54, 1.807) is 0 Å². The highest BCUT2D eigenvalue weighted by atomic mass is 15.0. The third-order valence-electron chi connectivity index (χ3n) is 10.5. The molecular weight excluding hydrogens is 639 g/mol.